The van der Waals surface area contributed by atoms with Crippen LogP contribution in [0.4, 0.5) is 8.78 Å². The van der Waals surface area contributed by atoms with Gasteiger partial charge in [0.1, 0.15) is 11.6 Å². The molecule has 17 heavy (non-hydrogen) atoms. The second-order valence-corrected chi connectivity index (χ2v) is 3.83. The number of rotatable bonds is 3. The Labute approximate surface area is 98.1 Å². The lowest BCUT2D eigenvalue weighted by Gasteiger charge is -2.03. The highest BCUT2D eigenvalue weighted by molar-refractivity contribution is 5.63. The fraction of sp³-hybridized carbons (Fsp3) is 0.250. The molecule has 1 N–H and O–H groups in total. The fourth-order valence-electron chi connectivity index (χ4n) is 1.76. The molecule has 0 unspecified atom stereocenters. The first-order valence-electron chi connectivity index (χ1n) is 5.24. The maximum absolute atomic E-state index is 13.6. The fourth-order valence-corrected chi connectivity index (χ4v) is 1.76. The van der Waals surface area contributed by atoms with Gasteiger partial charge in [-0.25, -0.2) is 8.78 Å². The van der Waals surface area contributed by atoms with Gasteiger partial charge in [0.05, 0.1) is 5.69 Å². The van der Waals surface area contributed by atoms with Crippen molar-refractivity contribution in [3.05, 3.63) is 41.6 Å². The number of aryl methyl sites for hydroxylation is 1. The molecule has 0 radical (unpaired) electrons. The van der Waals surface area contributed by atoms with E-state index in [-0.39, 0.29) is 5.56 Å². The highest BCUT2D eigenvalue weighted by Crippen LogP contribution is 2.25. The molecule has 2 rings (SSSR count). The predicted octanol–water partition coefficient (Wildman–Crippen LogP) is 2.08. The van der Waals surface area contributed by atoms with Crippen LogP contribution in [0.1, 0.15) is 5.56 Å². The van der Waals surface area contributed by atoms with Gasteiger partial charge in [0, 0.05) is 30.9 Å². The molecule has 0 saturated carbocycles. The second-order valence-electron chi connectivity index (χ2n) is 3.83. The molecule has 0 fully saturated rings. The van der Waals surface area contributed by atoms with Gasteiger partial charge in [0.2, 0.25) is 0 Å². The molecule has 3 nitrogen and oxygen atoms in total. The maximum atomic E-state index is 13.6. The maximum Gasteiger partial charge on any atom is 0.132 e. The molecule has 0 bridgehead atoms. The molecule has 1 aromatic heterocycles. The Hall–Kier alpha value is -1.75. The minimum absolute atomic E-state index is 0.191. The average Bonchev–Trinajstić information content (AvgIpc) is 2.64. The van der Waals surface area contributed by atoms with E-state index >= 15 is 0 Å². The molecule has 0 aliphatic rings. The Morgan fingerprint density at radius 1 is 1.35 bits per heavy atom. The van der Waals surface area contributed by atoms with Crippen molar-refractivity contribution in [2.75, 3.05) is 7.05 Å². The van der Waals surface area contributed by atoms with E-state index in [1.165, 1.54) is 0 Å². The van der Waals surface area contributed by atoms with Crippen molar-refractivity contribution in [1.82, 2.24) is 15.1 Å². The Kier molecular flexibility index (Phi) is 3.19. The smallest absolute Gasteiger partial charge is 0.132 e. The second kappa shape index (κ2) is 4.63. The third-order valence-electron chi connectivity index (χ3n) is 2.46. The Bertz CT molecular complexity index is 535. The van der Waals surface area contributed by atoms with E-state index in [2.05, 4.69) is 10.4 Å². The van der Waals surface area contributed by atoms with Crippen LogP contribution in [-0.4, -0.2) is 16.8 Å². The molecule has 5 heteroatoms. The summed E-state index contributed by atoms with van der Waals surface area (Å²) in [4.78, 5) is 0. The van der Waals surface area contributed by atoms with Gasteiger partial charge in [-0.15, -0.1) is 0 Å². The minimum atomic E-state index is -0.470. The van der Waals surface area contributed by atoms with E-state index < -0.39 is 11.6 Å². The number of nitrogens with one attached hydrogen (secondary N) is 1. The lowest BCUT2D eigenvalue weighted by molar-refractivity contribution is 0.602. The van der Waals surface area contributed by atoms with Crippen LogP contribution in [0.5, 0.6) is 0 Å². The minimum Gasteiger partial charge on any atom is -0.316 e. The van der Waals surface area contributed by atoms with Crippen molar-refractivity contribution >= 4 is 0 Å². The van der Waals surface area contributed by atoms with Crippen molar-refractivity contribution in [3.8, 4) is 11.3 Å². The molecule has 0 aliphatic carbocycles. The Morgan fingerprint density at radius 3 is 2.82 bits per heavy atom. The molecular formula is C12H13F2N3. The Balaban J connectivity index is 2.55. The molecular weight excluding hydrogens is 224 g/mol. The van der Waals surface area contributed by atoms with Crippen molar-refractivity contribution in [1.29, 1.82) is 0 Å². The lowest BCUT2D eigenvalue weighted by atomic mass is 10.1. The largest absolute Gasteiger partial charge is 0.316 e. The molecule has 1 aromatic carbocycles. The lowest BCUT2D eigenvalue weighted by Crippen LogP contribution is -2.05. The zero-order valence-electron chi connectivity index (χ0n) is 9.67. The SMILES string of the molecule is CNCc1cn(C)nc1-c1cc(F)ccc1F. The zero-order valence-corrected chi connectivity index (χ0v) is 9.67. The van der Waals surface area contributed by atoms with Crippen LogP contribution in [0.3, 0.4) is 0 Å². The summed E-state index contributed by atoms with van der Waals surface area (Å²) >= 11 is 0. The van der Waals surface area contributed by atoms with E-state index in [0.29, 0.717) is 12.2 Å². The van der Waals surface area contributed by atoms with Crippen molar-refractivity contribution in [2.24, 2.45) is 7.05 Å². The van der Waals surface area contributed by atoms with Crippen molar-refractivity contribution < 1.29 is 8.78 Å². The Morgan fingerprint density at radius 2 is 2.12 bits per heavy atom. The third-order valence-corrected chi connectivity index (χ3v) is 2.46. The monoisotopic (exact) mass is 237 g/mol. The number of hydrogen-bond donors (Lipinski definition) is 1. The number of halogens is 2. The normalized spacial score (nSPS) is 10.8. The van der Waals surface area contributed by atoms with Gasteiger partial charge in [-0.1, -0.05) is 0 Å². The summed E-state index contributed by atoms with van der Waals surface area (Å²) in [5.41, 5.74) is 1.49. The van der Waals surface area contributed by atoms with E-state index in [4.69, 9.17) is 0 Å². The summed E-state index contributed by atoms with van der Waals surface area (Å²) in [6.07, 6.45) is 1.79. The quantitative estimate of drug-likeness (QED) is 0.885. The summed E-state index contributed by atoms with van der Waals surface area (Å²) in [5, 5.41) is 7.14. The molecule has 0 saturated heterocycles. The van der Waals surface area contributed by atoms with Gasteiger partial charge >= 0.3 is 0 Å². The molecule has 0 spiro atoms. The number of nitrogens with zero attached hydrogens (tertiary/aromatic N) is 2. The van der Waals surface area contributed by atoms with Gasteiger partial charge in [0.25, 0.3) is 0 Å². The van der Waals surface area contributed by atoms with Gasteiger partial charge < -0.3 is 5.32 Å². The number of benzene rings is 1. The van der Waals surface area contributed by atoms with Crippen LogP contribution >= 0.6 is 0 Å². The molecule has 2 aromatic rings. The summed E-state index contributed by atoms with van der Waals surface area (Å²) in [6, 6.07) is 3.37. The predicted molar refractivity (Wildman–Crippen MR) is 61.3 cm³/mol. The first-order chi connectivity index (χ1) is 8.11. The van der Waals surface area contributed by atoms with Crippen LogP contribution in [-0.2, 0) is 13.6 Å². The van der Waals surface area contributed by atoms with Crippen LogP contribution in [0.2, 0.25) is 0 Å². The standard InChI is InChI=1S/C12H13F2N3/c1-15-6-8-7-17(2)16-12(8)10-5-9(13)3-4-11(10)14/h3-5,7,15H,6H2,1-2H3. The van der Waals surface area contributed by atoms with Gasteiger partial charge in [-0.3, -0.25) is 4.68 Å². The van der Waals surface area contributed by atoms with E-state index in [1.54, 1.807) is 25.0 Å². The summed E-state index contributed by atoms with van der Waals surface area (Å²) in [7, 11) is 3.54. The van der Waals surface area contributed by atoms with E-state index in [0.717, 1.165) is 23.8 Å². The molecule has 0 aliphatic heterocycles. The van der Waals surface area contributed by atoms with Crippen LogP contribution < -0.4 is 5.32 Å². The van der Waals surface area contributed by atoms with Gasteiger partial charge in [-0.2, -0.15) is 5.10 Å². The highest BCUT2D eigenvalue weighted by atomic mass is 19.1. The first-order valence-corrected chi connectivity index (χ1v) is 5.24. The molecule has 0 atom stereocenters. The van der Waals surface area contributed by atoms with Crippen LogP contribution in [0.25, 0.3) is 11.3 Å². The topological polar surface area (TPSA) is 29.9 Å². The number of hydrogen-bond acceptors (Lipinski definition) is 2. The van der Waals surface area contributed by atoms with Crippen molar-refractivity contribution in [3.63, 3.8) is 0 Å². The third kappa shape index (κ3) is 2.34. The summed E-state index contributed by atoms with van der Waals surface area (Å²) in [6.45, 7) is 0.555. The van der Waals surface area contributed by atoms with Crippen LogP contribution in [0.15, 0.2) is 24.4 Å². The van der Waals surface area contributed by atoms with E-state index in [9.17, 15) is 8.78 Å². The first kappa shape index (κ1) is 11.7. The number of aromatic nitrogens is 2. The van der Waals surface area contributed by atoms with Crippen LogP contribution in [0, 0.1) is 11.6 Å². The zero-order chi connectivity index (χ0) is 12.4. The summed E-state index contributed by atoms with van der Waals surface area (Å²) < 4.78 is 28.4. The average molecular weight is 237 g/mol. The molecule has 1 heterocycles. The highest BCUT2D eigenvalue weighted by Gasteiger charge is 2.14. The summed E-state index contributed by atoms with van der Waals surface area (Å²) in [5.74, 6) is -0.940. The van der Waals surface area contributed by atoms with E-state index in [1.807, 2.05) is 0 Å². The van der Waals surface area contributed by atoms with Gasteiger partial charge in [0.15, 0.2) is 0 Å². The molecule has 90 valence electrons. The van der Waals surface area contributed by atoms with Crippen molar-refractivity contribution in [2.45, 2.75) is 6.54 Å². The molecule has 0 amide bonds. The van der Waals surface area contributed by atoms with Gasteiger partial charge in [-0.05, 0) is 25.2 Å².